The first kappa shape index (κ1) is 14.8. The van der Waals surface area contributed by atoms with E-state index >= 15 is 0 Å². The maximum atomic E-state index is 12.6. The molecule has 3 heteroatoms. The predicted octanol–water partition coefficient (Wildman–Crippen LogP) is 5.61. The number of hydrogen-bond acceptors (Lipinski definition) is 3. The van der Waals surface area contributed by atoms with Gasteiger partial charge in [0.25, 0.3) is 0 Å². The van der Waals surface area contributed by atoms with E-state index in [1.807, 2.05) is 84.9 Å². The molecule has 0 saturated heterocycles. The molecule has 0 saturated carbocycles. The van der Waals surface area contributed by atoms with Gasteiger partial charge >= 0.3 is 5.63 Å². The Kier molecular flexibility index (Phi) is 3.93. The van der Waals surface area contributed by atoms with Crippen LogP contribution in [-0.2, 0) is 0 Å². The van der Waals surface area contributed by atoms with Crippen LogP contribution in [0.5, 0.6) is 0 Å². The van der Waals surface area contributed by atoms with Gasteiger partial charge in [-0.15, -0.1) is 0 Å². The molecule has 0 aliphatic rings. The smallest absolute Gasteiger partial charge is 0.351 e. The fourth-order valence-electron chi connectivity index (χ4n) is 2.72. The van der Waals surface area contributed by atoms with E-state index in [0.717, 1.165) is 21.4 Å². The zero-order chi connectivity index (χ0) is 16.4. The van der Waals surface area contributed by atoms with Crippen LogP contribution in [0.1, 0.15) is 0 Å². The Morgan fingerprint density at radius 3 is 2.08 bits per heavy atom. The Morgan fingerprint density at radius 2 is 1.33 bits per heavy atom. The van der Waals surface area contributed by atoms with E-state index in [2.05, 4.69) is 0 Å². The third-order valence-corrected chi connectivity index (χ3v) is 4.88. The molecule has 24 heavy (non-hydrogen) atoms. The highest BCUT2D eigenvalue weighted by Crippen LogP contribution is 2.38. The number of benzene rings is 3. The van der Waals surface area contributed by atoms with Gasteiger partial charge < -0.3 is 4.42 Å². The quantitative estimate of drug-likeness (QED) is 0.457. The summed E-state index contributed by atoms with van der Waals surface area (Å²) in [4.78, 5) is 14.3. The van der Waals surface area contributed by atoms with Gasteiger partial charge in [0.05, 0.1) is 0 Å². The third kappa shape index (κ3) is 2.74. The van der Waals surface area contributed by atoms with Crippen molar-refractivity contribution in [2.45, 2.75) is 9.79 Å². The minimum Gasteiger partial charge on any atom is -0.422 e. The van der Waals surface area contributed by atoms with Crippen LogP contribution in [0.15, 0.2) is 104 Å². The molecule has 1 heterocycles. The number of fused-ring (bicyclic) bond motifs is 1. The molecule has 0 unspecified atom stereocenters. The maximum absolute atomic E-state index is 12.6. The van der Waals surface area contributed by atoms with Crippen molar-refractivity contribution < 1.29 is 4.42 Å². The van der Waals surface area contributed by atoms with E-state index in [0.29, 0.717) is 10.5 Å². The molecule has 2 nitrogen and oxygen atoms in total. The van der Waals surface area contributed by atoms with Gasteiger partial charge in [0.15, 0.2) is 0 Å². The van der Waals surface area contributed by atoms with E-state index in [1.54, 1.807) is 0 Å². The van der Waals surface area contributed by atoms with E-state index in [9.17, 15) is 4.79 Å². The molecule has 0 fully saturated rings. The van der Waals surface area contributed by atoms with Crippen molar-refractivity contribution in [2.75, 3.05) is 0 Å². The third-order valence-electron chi connectivity index (χ3n) is 3.80. The molecule has 0 amide bonds. The molecule has 4 rings (SSSR count). The highest BCUT2D eigenvalue weighted by atomic mass is 32.2. The standard InChI is InChI=1S/C21H14O2S/c22-21-20(24-16-11-5-2-6-12-16)19(15-9-3-1-4-10-15)17-13-7-8-14-18(17)23-21/h1-14H. The average molecular weight is 330 g/mol. The topological polar surface area (TPSA) is 30.2 Å². The summed E-state index contributed by atoms with van der Waals surface area (Å²) in [6.07, 6.45) is 0. The molecule has 0 bridgehead atoms. The molecule has 1 aromatic heterocycles. The summed E-state index contributed by atoms with van der Waals surface area (Å²) in [5.41, 5.74) is 2.25. The van der Waals surface area contributed by atoms with Crippen molar-refractivity contribution in [3.8, 4) is 11.1 Å². The van der Waals surface area contributed by atoms with Gasteiger partial charge in [-0.3, -0.25) is 0 Å². The van der Waals surface area contributed by atoms with Crippen molar-refractivity contribution in [1.29, 1.82) is 0 Å². The minimum absolute atomic E-state index is 0.304. The fourth-order valence-corrected chi connectivity index (χ4v) is 3.71. The summed E-state index contributed by atoms with van der Waals surface area (Å²) in [7, 11) is 0. The monoisotopic (exact) mass is 330 g/mol. The number of rotatable bonds is 3. The second kappa shape index (κ2) is 6.38. The summed E-state index contributed by atoms with van der Waals surface area (Å²) in [5.74, 6) is 0. The van der Waals surface area contributed by atoms with Crippen LogP contribution in [0.2, 0.25) is 0 Å². The molecule has 0 radical (unpaired) electrons. The van der Waals surface area contributed by atoms with Gasteiger partial charge in [-0.2, -0.15) is 0 Å². The number of hydrogen-bond donors (Lipinski definition) is 0. The van der Waals surface area contributed by atoms with Crippen molar-refractivity contribution >= 4 is 22.7 Å². The van der Waals surface area contributed by atoms with E-state index in [-0.39, 0.29) is 5.63 Å². The van der Waals surface area contributed by atoms with Crippen LogP contribution in [-0.4, -0.2) is 0 Å². The molecule has 0 aliphatic heterocycles. The predicted molar refractivity (Wildman–Crippen MR) is 98.5 cm³/mol. The highest BCUT2D eigenvalue weighted by Gasteiger charge is 2.17. The summed E-state index contributed by atoms with van der Waals surface area (Å²) < 4.78 is 5.55. The summed E-state index contributed by atoms with van der Waals surface area (Å²) in [5, 5.41) is 0.946. The Labute approximate surface area is 143 Å². The molecular formula is C21H14O2S. The van der Waals surface area contributed by atoms with Crippen LogP contribution in [0, 0.1) is 0 Å². The van der Waals surface area contributed by atoms with Crippen molar-refractivity contribution in [2.24, 2.45) is 0 Å². The molecule has 0 atom stereocenters. The molecule has 3 aromatic carbocycles. The first-order chi connectivity index (χ1) is 11.8. The number of para-hydroxylation sites is 1. The molecule has 0 aliphatic carbocycles. The SMILES string of the molecule is O=c1oc2ccccc2c(-c2ccccc2)c1Sc1ccccc1. The zero-order valence-corrected chi connectivity index (χ0v) is 13.6. The highest BCUT2D eigenvalue weighted by molar-refractivity contribution is 7.99. The van der Waals surface area contributed by atoms with Crippen LogP contribution in [0.3, 0.4) is 0 Å². The lowest BCUT2D eigenvalue weighted by atomic mass is 10.0. The second-order valence-corrected chi connectivity index (χ2v) is 6.45. The normalized spacial score (nSPS) is 10.8. The van der Waals surface area contributed by atoms with Crippen LogP contribution < -0.4 is 5.63 Å². The maximum Gasteiger partial charge on any atom is 0.351 e. The molecule has 0 N–H and O–H groups in total. The summed E-state index contributed by atoms with van der Waals surface area (Å²) in [6.45, 7) is 0. The van der Waals surface area contributed by atoms with Crippen LogP contribution in [0.25, 0.3) is 22.1 Å². The van der Waals surface area contributed by atoms with E-state index in [4.69, 9.17) is 4.42 Å². The molecular weight excluding hydrogens is 316 g/mol. The van der Waals surface area contributed by atoms with Gasteiger partial charge in [-0.1, -0.05) is 78.5 Å². The van der Waals surface area contributed by atoms with E-state index in [1.165, 1.54) is 11.8 Å². The van der Waals surface area contributed by atoms with E-state index < -0.39 is 0 Å². The molecule has 116 valence electrons. The Bertz CT molecular complexity index is 1040. The summed E-state index contributed by atoms with van der Waals surface area (Å²) >= 11 is 1.44. The van der Waals surface area contributed by atoms with Gasteiger partial charge in [-0.05, 0) is 23.8 Å². The average Bonchev–Trinajstić information content (AvgIpc) is 2.64. The lowest BCUT2D eigenvalue weighted by Gasteiger charge is -2.11. The molecule has 4 aromatic rings. The Balaban J connectivity index is 2.01. The minimum atomic E-state index is -0.304. The van der Waals surface area contributed by atoms with Gasteiger partial charge in [0.1, 0.15) is 10.5 Å². The largest absolute Gasteiger partial charge is 0.422 e. The van der Waals surface area contributed by atoms with Crippen molar-refractivity contribution in [3.05, 3.63) is 95.3 Å². The molecule has 0 spiro atoms. The lowest BCUT2D eigenvalue weighted by Crippen LogP contribution is -2.04. The first-order valence-electron chi connectivity index (χ1n) is 7.67. The van der Waals surface area contributed by atoms with Crippen LogP contribution >= 0.6 is 11.8 Å². The van der Waals surface area contributed by atoms with Crippen molar-refractivity contribution in [3.63, 3.8) is 0 Å². The Morgan fingerprint density at radius 1 is 0.708 bits per heavy atom. The van der Waals surface area contributed by atoms with Gasteiger partial charge in [-0.25, -0.2) is 4.79 Å². The van der Waals surface area contributed by atoms with Gasteiger partial charge in [0, 0.05) is 15.8 Å². The second-order valence-electron chi connectivity index (χ2n) is 5.37. The lowest BCUT2D eigenvalue weighted by molar-refractivity contribution is 0.545. The zero-order valence-electron chi connectivity index (χ0n) is 12.8. The summed E-state index contributed by atoms with van der Waals surface area (Å²) in [6, 6.07) is 27.5. The van der Waals surface area contributed by atoms with Crippen molar-refractivity contribution in [1.82, 2.24) is 0 Å². The first-order valence-corrected chi connectivity index (χ1v) is 8.49. The van der Waals surface area contributed by atoms with Crippen LogP contribution in [0.4, 0.5) is 0 Å². The Hall–Kier alpha value is -2.78. The fraction of sp³-hybridized carbons (Fsp3) is 0. The van der Waals surface area contributed by atoms with Gasteiger partial charge in [0.2, 0.25) is 0 Å².